The van der Waals surface area contributed by atoms with Crippen molar-refractivity contribution in [3.05, 3.63) is 65.4 Å². The van der Waals surface area contributed by atoms with Gasteiger partial charge in [0.15, 0.2) is 0 Å². The topological polar surface area (TPSA) is 65.4 Å². The summed E-state index contributed by atoms with van der Waals surface area (Å²) >= 11 is 0. The van der Waals surface area contributed by atoms with E-state index < -0.39 is 0 Å². The highest BCUT2D eigenvalue weighted by Crippen LogP contribution is 2.36. The van der Waals surface area contributed by atoms with E-state index in [1.165, 1.54) is 12.5 Å². The molecule has 0 unspecified atom stereocenters. The van der Waals surface area contributed by atoms with E-state index in [4.69, 9.17) is 14.6 Å². The Bertz CT molecular complexity index is 1030. The Hall–Kier alpha value is -3.12. The highest BCUT2D eigenvalue weighted by atomic mass is 16.5. The van der Waals surface area contributed by atoms with E-state index >= 15 is 0 Å². The molecule has 0 aliphatic carbocycles. The number of carbonyl (C=O) groups is 1. The van der Waals surface area contributed by atoms with Crippen LogP contribution in [0.4, 0.5) is 0 Å². The van der Waals surface area contributed by atoms with Crippen molar-refractivity contribution in [2.75, 3.05) is 20.2 Å². The molecule has 1 aliphatic rings. The third-order valence-corrected chi connectivity index (χ3v) is 5.80. The first kappa shape index (κ1) is 21.1. The number of aryl methyl sites for hydroxylation is 1. The zero-order valence-corrected chi connectivity index (χ0v) is 18.4. The molecular weight excluding hydrogens is 390 g/mol. The minimum atomic E-state index is -0.289. The van der Waals surface area contributed by atoms with E-state index in [1.54, 1.807) is 7.11 Å². The summed E-state index contributed by atoms with van der Waals surface area (Å²) in [6.07, 6.45) is 2.03. The van der Waals surface area contributed by atoms with Gasteiger partial charge < -0.3 is 14.8 Å². The van der Waals surface area contributed by atoms with Crippen LogP contribution in [0.2, 0.25) is 0 Å². The molecule has 6 nitrogen and oxygen atoms in total. The van der Waals surface area contributed by atoms with E-state index in [-0.39, 0.29) is 12.6 Å². The maximum atomic E-state index is 11.7. The SMILES string of the molecule is COc1ccc(-n2nc(C3CCNCC3)c(COC(C)=O)c2-c2ccc(C)cc2)cc1. The van der Waals surface area contributed by atoms with Gasteiger partial charge in [0.25, 0.3) is 0 Å². The molecule has 0 radical (unpaired) electrons. The van der Waals surface area contributed by atoms with Crippen LogP contribution in [-0.4, -0.2) is 35.9 Å². The van der Waals surface area contributed by atoms with Crippen LogP contribution in [-0.2, 0) is 16.1 Å². The van der Waals surface area contributed by atoms with E-state index in [2.05, 4.69) is 36.5 Å². The predicted molar refractivity (Wildman–Crippen MR) is 121 cm³/mol. The monoisotopic (exact) mass is 419 g/mol. The zero-order chi connectivity index (χ0) is 21.8. The lowest BCUT2D eigenvalue weighted by molar-refractivity contribution is -0.142. The Balaban J connectivity index is 1.90. The van der Waals surface area contributed by atoms with Gasteiger partial charge >= 0.3 is 5.97 Å². The van der Waals surface area contributed by atoms with Crippen LogP contribution in [0.1, 0.15) is 42.5 Å². The van der Waals surface area contributed by atoms with Crippen molar-refractivity contribution < 1.29 is 14.3 Å². The molecule has 4 rings (SSSR count). The van der Waals surface area contributed by atoms with Crippen LogP contribution in [0, 0.1) is 6.92 Å². The highest BCUT2D eigenvalue weighted by Gasteiger charge is 2.27. The lowest BCUT2D eigenvalue weighted by Crippen LogP contribution is -2.27. The Morgan fingerprint density at radius 1 is 1.10 bits per heavy atom. The van der Waals surface area contributed by atoms with Gasteiger partial charge in [0.2, 0.25) is 0 Å². The van der Waals surface area contributed by atoms with E-state index in [1.807, 2.05) is 28.9 Å². The third kappa shape index (κ3) is 4.64. The average Bonchev–Trinajstić information content (AvgIpc) is 3.18. The first-order valence-corrected chi connectivity index (χ1v) is 10.7. The molecule has 6 heteroatoms. The molecule has 2 heterocycles. The second kappa shape index (κ2) is 9.35. The fraction of sp³-hybridized carbons (Fsp3) is 0.360. The van der Waals surface area contributed by atoms with Crippen LogP contribution in [0.5, 0.6) is 5.75 Å². The molecular formula is C25H29N3O3. The number of esters is 1. The van der Waals surface area contributed by atoms with Gasteiger partial charge in [0, 0.05) is 24.0 Å². The molecule has 162 valence electrons. The molecule has 0 amide bonds. The fourth-order valence-electron chi connectivity index (χ4n) is 4.12. The van der Waals surface area contributed by atoms with E-state index in [0.29, 0.717) is 5.92 Å². The van der Waals surface area contributed by atoms with Crippen molar-refractivity contribution in [1.29, 1.82) is 0 Å². The number of methoxy groups -OCH3 is 1. The van der Waals surface area contributed by atoms with Crippen LogP contribution in [0.15, 0.2) is 48.5 Å². The number of carbonyl (C=O) groups excluding carboxylic acids is 1. The second-order valence-corrected chi connectivity index (χ2v) is 7.99. The molecule has 3 aromatic rings. The van der Waals surface area contributed by atoms with Crippen LogP contribution in [0.3, 0.4) is 0 Å². The quantitative estimate of drug-likeness (QED) is 0.601. The molecule has 0 bridgehead atoms. The first-order valence-electron chi connectivity index (χ1n) is 10.7. The number of aromatic nitrogens is 2. The molecule has 0 saturated carbocycles. The van der Waals surface area contributed by atoms with Crippen LogP contribution < -0.4 is 10.1 Å². The van der Waals surface area contributed by atoms with E-state index in [9.17, 15) is 4.79 Å². The largest absolute Gasteiger partial charge is 0.497 e. The molecule has 0 spiro atoms. The molecule has 31 heavy (non-hydrogen) atoms. The summed E-state index contributed by atoms with van der Waals surface area (Å²) in [6.45, 7) is 5.67. The maximum Gasteiger partial charge on any atom is 0.302 e. The average molecular weight is 420 g/mol. The van der Waals surface area contributed by atoms with Gasteiger partial charge in [-0.3, -0.25) is 4.79 Å². The van der Waals surface area contributed by atoms with E-state index in [0.717, 1.165) is 59.9 Å². The lowest BCUT2D eigenvalue weighted by atomic mass is 9.91. The number of ether oxygens (including phenoxy) is 2. The molecule has 0 atom stereocenters. The molecule has 1 N–H and O–H groups in total. The number of hydrogen-bond donors (Lipinski definition) is 1. The van der Waals surface area contributed by atoms with Gasteiger partial charge in [-0.05, 0) is 57.1 Å². The molecule has 1 saturated heterocycles. The fourth-order valence-corrected chi connectivity index (χ4v) is 4.12. The maximum absolute atomic E-state index is 11.7. The highest BCUT2D eigenvalue weighted by molar-refractivity contribution is 5.69. The Kier molecular flexibility index (Phi) is 6.37. The smallest absolute Gasteiger partial charge is 0.302 e. The van der Waals surface area contributed by atoms with Gasteiger partial charge in [-0.1, -0.05) is 29.8 Å². The summed E-state index contributed by atoms with van der Waals surface area (Å²) in [4.78, 5) is 11.7. The Morgan fingerprint density at radius 2 is 1.77 bits per heavy atom. The molecule has 1 aliphatic heterocycles. The first-order chi connectivity index (χ1) is 15.1. The summed E-state index contributed by atoms with van der Waals surface area (Å²) in [6, 6.07) is 16.3. The number of nitrogens with zero attached hydrogens (tertiary/aromatic N) is 2. The van der Waals surface area contributed by atoms with Gasteiger partial charge in [-0.2, -0.15) is 5.10 Å². The Labute approximate surface area is 183 Å². The van der Waals surface area contributed by atoms with Crippen LogP contribution in [0.25, 0.3) is 16.9 Å². The summed E-state index contributed by atoms with van der Waals surface area (Å²) < 4.78 is 12.8. The standard InChI is InChI=1S/C25H29N3O3/c1-17-4-6-20(7-5-17)25-23(16-31-18(2)29)24(19-12-14-26-15-13-19)27-28(25)21-8-10-22(30-3)11-9-21/h4-11,19,26H,12-16H2,1-3H3. The van der Waals surface area contributed by atoms with Gasteiger partial charge in [-0.15, -0.1) is 0 Å². The van der Waals surface area contributed by atoms with Crippen molar-refractivity contribution >= 4 is 5.97 Å². The van der Waals surface area contributed by atoms with Crippen molar-refractivity contribution in [2.24, 2.45) is 0 Å². The minimum Gasteiger partial charge on any atom is -0.497 e. The second-order valence-electron chi connectivity index (χ2n) is 7.99. The third-order valence-electron chi connectivity index (χ3n) is 5.80. The van der Waals surface area contributed by atoms with Crippen molar-refractivity contribution in [3.8, 4) is 22.7 Å². The number of nitrogens with one attached hydrogen (secondary N) is 1. The molecule has 2 aromatic carbocycles. The van der Waals surface area contributed by atoms with Crippen molar-refractivity contribution in [2.45, 2.75) is 39.2 Å². The van der Waals surface area contributed by atoms with Crippen LogP contribution >= 0.6 is 0 Å². The van der Waals surface area contributed by atoms with Gasteiger partial charge in [0.05, 0.1) is 24.2 Å². The number of piperidine rings is 1. The number of rotatable bonds is 6. The lowest BCUT2D eigenvalue weighted by Gasteiger charge is -2.22. The van der Waals surface area contributed by atoms with Gasteiger partial charge in [-0.25, -0.2) is 4.68 Å². The normalized spacial score (nSPS) is 14.4. The summed E-state index contributed by atoms with van der Waals surface area (Å²) in [5.74, 6) is 0.838. The molecule has 1 fully saturated rings. The number of hydrogen-bond acceptors (Lipinski definition) is 5. The summed E-state index contributed by atoms with van der Waals surface area (Å²) in [5, 5.41) is 8.52. The minimum absolute atomic E-state index is 0.216. The predicted octanol–water partition coefficient (Wildman–Crippen LogP) is 4.39. The summed E-state index contributed by atoms with van der Waals surface area (Å²) in [5.41, 5.74) is 6.17. The van der Waals surface area contributed by atoms with Crippen molar-refractivity contribution in [3.63, 3.8) is 0 Å². The molecule has 1 aromatic heterocycles. The van der Waals surface area contributed by atoms with Crippen molar-refractivity contribution in [1.82, 2.24) is 15.1 Å². The van der Waals surface area contributed by atoms with Gasteiger partial charge in [0.1, 0.15) is 12.4 Å². The zero-order valence-electron chi connectivity index (χ0n) is 18.4. The number of benzene rings is 2. The Morgan fingerprint density at radius 3 is 2.39 bits per heavy atom. The summed E-state index contributed by atoms with van der Waals surface area (Å²) in [7, 11) is 1.66.